The molecule has 2 saturated heterocycles. The number of methoxy groups -OCH3 is 3. The van der Waals surface area contributed by atoms with Gasteiger partial charge in [-0.05, 0) is 114 Å². The SMILES string of the molecule is COC(C/C(C)=C/CC(=O)CCC(C)CC1CC[C@@H](C)C(OC)C1)C(=O)CCC/C=C/C=C/C=C(\C)[C@H](CC1CCC(C)C(O)(C(=O)C(=O)N2CCCCC2C(=O)O)O1)OC. The molecule has 10 atom stereocenters. The average molecular weight is 856 g/mol. The van der Waals surface area contributed by atoms with Gasteiger partial charge >= 0.3 is 5.97 Å². The second-order valence-corrected chi connectivity index (χ2v) is 18.2. The number of nitrogens with zero attached hydrogens (tertiary/aromatic N) is 1. The number of hydrogen-bond donors (Lipinski definition) is 2. The number of carbonyl (C=O) groups is 5. The Morgan fingerprint density at radius 1 is 0.902 bits per heavy atom. The lowest BCUT2D eigenvalue weighted by molar-refractivity contribution is -0.265. The van der Waals surface area contributed by atoms with E-state index >= 15 is 0 Å². The second-order valence-electron chi connectivity index (χ2n) is 18.2. The molecular weight excluding hydrogens is 779 g/mol. The van der Waals surface area contributed by atoms with Gasteiger partial charge in [0.1, 0.15) is 17.9 Å². The quantitative estimate of drug-likeness (QED) is 0.0393. The van der Waals surface area contributed by atoms with Crippen molar-refractivity contribution in [3.8, 4) is 0 Å². The Morgan fingerprint density at radius 3 is 2.33 bits per heavy atom. The molecule has 0 aromatic carbocycles. The molecule has 0 bridgehead atoms. The molecule has 0 aromatic heterocycles. The number of rotatable bonds is 25. The van der Waals surface area contributed by atoms with Gasteiger partial charge in [-0.1, -0.05) is 62.8 Å². The first-order valence-electron chi connectivity index (χ1n) is 22.8. The maximum atomic E-state index is 13.4. The summed E-state index contributed by atoms with van der Waals surface area (Å²) in [6, 6.07) is -1.10. The molecule has 2 heterocycles. The number of allylic oxidation sites excluding steroid dienone is 6. The second kappa shape index (κ2) is 26.4. The molecule has 3 rings (SSSR count). The number of carboxylic acids is 1. The lowest BCUT2D eigenvalue weighted by Gasteiger charge is -2.42. The van der Waals surface area contributed by atoms with Gasteiger partial charge in [-0.2, -0.15) is 0 Å². The topological polar surface area (TPSA) is 166 Å². The van der Waals surface area contributed by atoms with Gasteiger partial charge in [0, 0.05) is 65.9 Å². The number of carbonyl (C=O) groups excluding carboxylic acids is 4. The predicted octanol–water partition coefficient (Wildman–Crippen LogP) is 8.30. The Morgan fingerprint density at radius 2 is 1.64 bits per heavy atom. The van der Waals surface area contributed by atoms with Crippen LogP contribution in [0, 0.1) is 23.7 Å². The van der Waals surface area contributed by atoms with Gasteiger partial charge in [-0.3, -0.25) is 19.2 Å². The van der Waals surface area contributed by atoms with E-state index < -0.39 is 47.6 Å². The number of amides is 1. The third-order valence-electron chi connectivity index (χ3n) is 13.3. The van der Waals surface area contributed by atoms with Crippen LogP contribution in [0.15, 0.2) is 47.6 Å². The fourth-order valence-electron chi connectivity index (χ4n) is 9.13. The number of unbranched alkanes of at least 4 members (excludes halogenated alkanes) is 1. The van der Waals surface area contributed by atoms with Crippen LogP contribution in [0.5, 0.6) is 0 Å². The zero-order chi connectivity index (χ0) is 45.1. The molecule has 2 aliphatic heterocycles. The highest BCUT2D eigenvalue weighted by atomic mass is 16.6. The Balaban J connectivity index is 1.38. The summed E-state index contributed by atoms with van der Waals surface area (Å²) < 4.78 is 22.9. The molecule has 3 aliphatic rings. The summed E-state index contributed by atoms with van der Waals surface area (Å²) in [7, 11) is 4.95. The van der Waals surface area contributed by atoms with Crippen LogP contribution in [0.4, 0.5) is 0 Å². The number of aliphatic hydroxyl groups is 1. The summed E-state index contributed by atoms with van der Waals surface area (Å²) in [5.41, 5.74) is 1.89. The summed E-state index contributed by atoms with van der Waals surface area (Å²) >= 11 is 0. The van der Waals surface area contributed by atoms with Gasteiger partial charge in [0.2, 0.25) is 5.79 Å². The van der Waals surface area contributed by atoms with Gasteiger partial charge in [-0.15, -0.1) is 0 Å². The lowest BCUT2D eigenvalue weighted by atomic mass is 9.76. The van der Waals surface area contributed by atoms with E-state index in [2.05, 4.69) is 13.8 Å². The lowest BCUT2D eigenvalue weighted by Crippen LogP contribution is -2.60. The highest BCUT2D eigenvalue weighted by Gasteiger charge is 2.52. The predicted molar refractivity (Wildman–Crippen MR) is 236 cm³/mol. The first-order valence-corrected chi connectivity index (χ1v) is 22.8. The van der Waals surface area contributed by atoms with Crippen molar-refractivity contribution in [3.63, 3.8) is 0 Å². The van der Waals surface area contributed by atoms with Crippen LogP contribution in [0.2, 0.25) is 0 Å². The number of carboxylic acid groups (broad SMARTS) is 1. The zero-order valence-electron chi connectivity index (χ0n) is 38.4. The van der Waals surface area contributed by atoms with Crippen molar-refractivity contribution in [1.29, 1.82) is 0 Å². The number of likely N-dealkylation sites (tertiary alicyclic amines) is 1. The Kier molecular flexibility index (Phi) is 22.5. The van der Waals surface area contributed by atoms with Crippen LogP contribution in [0.3, 0.4) is 0 Å². The highest BCUT2D eigenvalue weighted by molar-refractivity contribution is 6.39. The van der Waals surface area contributed by atoms with E-state index in [1.54, 1.807) is 21.1 Å². The van der Waals surface area contributed by atoms with Crippen molar-refractivity contribution in [2.75, 3.05) is 27.9 Å². The number of ether oxygens (including phenoxy) is 4. The molecule has 12 nitrogen and oxygen atoms in total. The zero-order valence-corrected chi connectivity index (χ0v) is 38.4. The Labute approximate surface area is 365 Å². The van der Waals surface area contributed by atoms with Gasteiger partial charge < -0.3 is 34.1 Å². The number of ketones is 3. The van der Waals surface area contributed by atoms with E-state index in [4.69, 9.17) is 18.9 Å². The largest absolute Gasteiger partial charge is 0.480 e. The van der Waals surface area contributed by atoms with Crippen LogP contribution < -0.4 is 0 Å². The van der Waals surface area contributed by atoms with Crippen LogP contribution in [0.1, 0.15) is 144 Å². The number of piperidine rings is 1. The molecule has 0 radical (unpaired) electrons. The van der Waals surface area contributed by atoms with Crippen LogP contribution >= 0.6 is 0 Å². The summed E-state index contributed by atoms with van der Waals surface area (Å²) in [5, 5.41) is 21.0. The average Bonchev–Trinajstić information content (AvgIpc) is 3.25. The molecule has 1 amide bonds. The monoisotopic (exact) mass is 856 g/mol. The van der Waals surface area contributed by atoms with Gasteiger partial charge in [0.15, 0.2) is 5.78 Å². The van der Waals surface area contributed by atoms with E-state index in [0.29, 0.717) is 88.1 Å². The molecule has 0 aromatic rings. The van der Waals surface area contributed by atoms with Crippen molar-refractivity contribution in [1.82, 2.24) is 4.90 Å². The fraction of sp³-hybridized carbons (Fsp3) is 0.735. The standard InChI is InChI=1S/C49H77NO11/c1-33(29-38-24-22-36(4)43(31-38)58-6)20-25-39(51)26-21-34(2)30-45(60-8)42(52)19-14-12-10-9-11-13-17-35(3)44(59-7)32-40-27-23-37(5)49(57,61-40)46(53)47(54)50-28-16-15-18-41(50)48(55)56/h9-11,13,17,21,33,36-38,40-41,43-45,57H,12,14-16,18-20,22-32H2,1-8H3,(H,55,56)/b10-9+,13-11+,34-21+,35-17+/t33?,36-,37?,38?,40?,41?,43?,44+,45?,49?/m1/s1. The van der Waals surface area contributed by atoms with Crippen LogP contribution in [-0.4, -0.2) is 108 Å². The normalized spacial score (nSPS) is 28.2. The van der Waals surface area contributed by atoms with E-state index in [1.807, 2.05) is 57.4 Å². The number of hydrogen-bond acceptors (Lipinski definition) is 10. The van der Waals surface area contributed by atoms with Gasteiger partial charge in [0.25, 0.3) is 11.7 Å². The minimum atomic E-state index is -2.35. The fourth-order valence-corrected chi connectivity index (χ4v) is 9.13. The molecule has 344 valence electrons. The summed E-state index contributed by atoms with van der Waals surface area (Å²) in [6.07, 6.45) is 22.2. The molecule has 3 fully saturated rings. The maximum absolute atomic E-state index is 13.4. The minimum absolute atomic E-state index is 0.0518. The molecule has 61 heavy (non-hydrogen) atoms. The molecule has 8 unspecified atom stereocenters. The van der Waals surface area contributed by atoms with Crippen LogP contribution in [0.25, 0.3) is 0 Å². The minimum Gasteiger partial charge on any atom is -0.480 e. The summed E-state index contributed by atoms with van der Waals surface area (Å²) in [5.74, 6) is -4.22. The summed E-state index contributed by atoms with van der Waals surface area (Å²) in [6.45, 7) is 10.2. The van der Waals surface area contributed by atoms with Crippen LogP contribution in [-0.2, 0) is 42.9 Å². The van der Waals surface area contributed by atoms with Crippen molar-refractivity contribution in [2.24, 2.45) is 23.7 Å². The third-order valence-corrected chi connectivity index (χ3v) is 13.3. The molecule has 1 aliphatic carbocycles. The summed E-state index contributed by atoms with van der Waals surface area (Å²) in [4.78, 5) is 65.0. The Bertz CT molecular complexity index is 1570. The molecule has 0 spiro atoms. The highest BCUT2D eigenvalue weighted by Crippen LogP contribution is 2.37. The van der Waals surface area contributed by atoms with E-state index in [0.717, 1.165) is 41.7 Å². The molecule has 2 N–H and O–H groups in total. The molecule has 12 heteroatoms. The van der Waals surface area contributed by atoms with E-state index in [-0.39, 0.29) is 30.6 Å². The first kappa shape index (κ1) is 52.1. The van der Waals surface area contributed by atoms with Crippen molar-refractivity contribution in [2.45, 2.75) is 180 Å². The molecular formula is C49H77NO11. The van der Waals surface area contributed by atoms with Crippen molar-refractivity contribution < 1.29 is 53.1 Å². The van der Waals surface area contributed by atoms with E-state index in [9.17, 15) is 34.2 Å². The number of Topliss-reactive ketones (excluding diaryl/α,β-unsaturated/α-hetero) is 3. The van der Waals surface area contributed by atoms with Gasteiger partial charge in [0.05, 0.1) is 18.3 Å². The van der Waals surface area contributed by atoms with Gasteiger partial charge in [-0.25, -0.2) is 4.79 Å². The smallest absolute Gasteiger partial charge is 0.326 e. The van der Waals surface area contributed by atoms with Crippen molar-refractivity contribution in [3.05, 3.63) is 47.6 Å². The Hall–Kier alpha value is -3.29. The van der Waals surface area contributed by atoms with E-state index in [1.165, 1.54) is 12.8 Å². The third kappa shape index (κ3) is 16.4. The first-order chi connectivity index (χ1) is 29.0. The van der Waals surface area contributed by atoms with Crippen molar-refractivity contribution >= 4 is 29.2 Å². The number of aliphatic carboxylic acids is 1. The molecule has 1 saturated carbocycles. The maximum Gasteiger partial charge on any atom is 0.326 e.